The van der Waals surface area contributed by atoms with Crippen molar-refractivity contribution in [2.75, 3.05) is 6.54 Å². The molecule has 0 heterocycles. The highest BCUT2D eigenvalue weighted by molar-refractivity contribution is 5.29. The third-order valence-electron chi connectivity index (χ3n) is 4.47. The van der Waals surface area contributed by atoms with Crippen LogP contribution in [0.25, 0.3) is 0 Å². The van der Waals surface area contributed by atoms with Gasteiger partial charge in [-0.1, -0.05) is 12.1 Å². The van der Waals surface area contributed by atoms with Crippen LogP contribution >= 0.6 is 0 Å². The van der Waals surface area contributed by atoms with Gasteiger partial charge in [-0.2, -0.15) is 0 Å². The quantitative estimate of drug-likeness (QED) is 0.815. The zero-order valence-electron chi connectivity index (χ0n) is 10.4. The number of phenolic OH excluding ortho intramolecular Hbond substituents is 1. The first-order valence-corrected chi connectivity index (χ1v) is 6.72. The van der Waals surface area contributed by atoms with Crippen LogP contribution in [0.5, 0.6) is 5.75 Å². The summed E-state index contributed by atoms with van der Waals surface area (Å²) < 4.78 is 0. The second kappa shape index (κ2) is 4.02. The zero-order chi connectivity index (χ0) is 11.9. The van der Waals surface area contributed by atoms with E-state index >= 15 is 0 Å². The number of rotatable bonds is 5. The Bertz CT molecular complexity index is 407. The van der Waals surface area contributed by atoms with Crippen LogP contribution in [-0.2, 0) is 0 Å². The van der Waals surface area contributed by atoms with E-state index < -0.39 is 0 Å². The molecule has 2 fully saturated rings. The minimum Gasteiger partial charge on any atom is -0.508 e. The number of benzene rings is 1. The second-order valence-electron chi connectivity index (χ2n) is 5.83. The molecule has 0 amide bonds. The lowest BCUT2D eigenvalue weighted by atomic mass is 9.99. The fourth-order valence-electron chi connectivity index (χ4n) is 2.85. The van der Waals surface area contributed by atoms with E-state index in [1.807, 2.05) is 12.1 Å². The summed E-state index contributed by atoms with van der Waals surface area (Å²) in [6, 6.07) is 7.90. The second-order valence-corrected chi connectivity index (χ2v) is 5.83. The standard InChI is InChI=1S/C15H21NO/c1-11(12-3-2-4-14(17)9-12)16-10-15(7-8-15)13-5-6-13/h2-4,9,11,13,16-17H,5-8,10H2,1H3. The lowest BCUT2D eigenvalue weighted by molar-refractivity contribution is 0.381. The Morgan fingerprint density at radius 3 is 2.76 bits per heavy atom. The molecule has 0 bridgehead atoms. The molecule has 2 aliphatic carbocycles. The van der Waals surface area contributed by atoms with Crippen LogP contribution in [0.1, 0.15) is 44.2 Å². The average molecular weight is 231 g/mol. The van der Waals surface area contributed by atoms with E-state index in [0.717, 1.165) is 12.5 Å². The van der Waals surface area contributed by atoms with Gasteiger partial charge in [0, 0.05) is 12.6 Å². The maximum absolute atomic E-state index is 9.47. The van der Waals surface area contributed by atoms with Crippen molar-refractivity contribution in [3.63, 3.8) is 0 Å². The Balaban J connectivity index is 1.58. The Morgan fingerprint density at radius 1 is 1.41 bits per heavy atom. The number of hydrogen-bond acceptors (Lipinski definition) is 2. The van der Waals surface area contributed by atoms with Gasteiger partial charge in [0.1, 0.15) is 5.75 Å². The summed E-state index contributed by atoms with van der Waals surface area (Å²) in [7, 11) is 0. The van der Waals surface area contributed by atoms with Gasteiger partial charge >= 0.3 is 0 Å². The molecule has 2 saturated carbocycles. The first-order chi connectivity index (χ1) is 8.20. The number of nitrogens with one attached hydrogen (secondary N) is 1. The first kappa shape index (κ1) is 11.1. The fourth-order valence-corrected chi connectivity index (χ4v) is 2.85. The van der Waals surface area contributed by atoms with E-state index in [1.165, 1.54) is 31.2 Å². The monoisotopic (exact) mass is 231 g/mol. The van der Waals surface area contributed by atoms with Crippen molar-refractivity contribution in [1.29, 1.82) is 0 Å². The van der Waals surface area contributed by atoms with E-state index in [4.69, 9.17) is 0 Å². The molecule has 1 aromatic rings. The fraction of sp³-hybridized carbons (Fsp3) is 0.600. The highest BCUT2D eigenvalue weighted by Crippen LogP contribution is 2.60. The predicted molar refractivity (Wildman–Crippen MR) is 68.9 cm³/mol. The summed E-state index contributed by atoms with van der Waals surface area (Å²) in [6.45, 7) is 3.33. The molecule has 0 aliphatic heterocycles. The number of phenols is 1. The smallest absolute Gasteiger partial charge is 0.115 e. The Labute approximate surface area is 103 Å². The molecule has 1 aromatic carbocycles. The SMILES string of the molecule is CC(NCC1(C2CC2)CC1)c1cccc(O)c1. The molecule has 1 atom stereocenters. The van der Waals surface area contributed by atoms with E-state index in [9.17, 15) is 5.11 Å². The highest BCUT2D eigenvalue weighted by atomic mass is 16.3. The highest BCUT2D eigenvalue weighted by Gasteiger charge is 2.53. The van der Waals surface area contributed by atoms with Gasteiger partial charge in [-0.25, -0.2) is 0 Å². The van der Waals surface area contributed by atoms with Crippen LogP contribution in [0.4, 0.5) is 0 Å². The van der Waals surface area contributed by atoms with E-state index in [0.29, 0.717) is 17.2 Å². The van der Waals surface area contributed by atoms with Crippen molar-refractivity contribution in [3.05, 3.63) is 29.8 Å². The Hall–Kier alpha value is -1.02. The van der Waals surface area contributed by atoms with E-state index in [2.05, 4.69) is 18.3 Å². The Morgan fingerprint density at radius 2 is 2.18 bits per heavy atom. The van der Waals surface area contributed by atoms with Crippen molar-refractivity contribution in [2.45, 2.75) is 38.6 Å². The van der Waals surface area contributed by atoms with Gasteiger partial charge in [0.15, 0.2) is 0 Å². The third kappa shape index (κ3) is 2.32. The first-order valence-electron chi connectivity index (χ1n) is 6.72. The van der Waals surface area contributed by atoms with Gasteiger partial charge in [-0.3, -0.25) is 0 Å². The van der Waals surface area contributed by atoms with Gasteiger partial charge < -0.3 is 10.4 Å². The molecule has 2 nitrogen and oxygen atoms in total. The van der Waals surface area contributed by atoms with Gasteiger partial charge in [0.05, 0.1) is 0 Å². The molecule has 3 rings (SSSR count). The summed E-state index contributed by atoms with van der Waals surface area (Å²) >= 11 is 0. The van der Waals surface area contributed by atoms with Crippen LogP contribution in [0.2, 0.25) is 0 Å². The van der Waals surface area contributed by atoms with Gasteiger partial charge in [-0.15, -0.1) is 0 Å². The van der Waals surface area contributed by atoms with Crippen LogP contribution in [0.15, 0.2) is 24.3 Å². The largest absolute Gasteiger partial charge is 0.508 e. The van der Waals surface area contributed by atoms with E-state index in [-0.39, 0.29) is 0 Å². The molecular weight excluding hydrogens is 210 g/mol. The topological polar surface area (TPSA) is 32.3 Å². The molecule has 0 saturated heterocycles. The summed E-state index contributed by atoms with van der Waals surface area (Å²) in [4.78, 5) is 0. The molecular formula is C15H21NO. The summed E-state index contributed by atoms with van der Waals surface area (Å²) in [5.41, 5.74) is 1.82. The predicted octanol–water partition coefficient (Wildman–Crippen LogP) is 3.23. The van der Waals surface area contributed by atoms with Crippen molar-refractivity contribution in [1.82, 2.24) is 5.32 Å². The van der Waals surface area contributed by atoms with Crippen LogP contribution < -0.4 is 5.32 Å². The minimum atomic E-state index is 0.332. The lowest BCUT2D eigenvalue weighted by Gasteiger charge is -2.20. The molecule has 0 aromatic heterocycles. The Kier molecular flexibility index (Phi) is 2.62. The van der Waals surface area contributed by atoms with Gasteiger partial charge in [-0.05, 0) is 61.6 Å². The maximum atomic E-state index is 9.47. The molecule has 1 unspecified atom stereocenters. The molecule has 0 spiro atoms. The van der Waals surface area contributed by atoms with Crippen molar-refractivity contribution in [3.8, 4) is 5.75 Å². The zero-order valence-corrected chi connectivity index (χ0v) is 10.4. The summed E-state index contributed by atoms with van der Waals surface area (Å²) in [5.74, 6) is 1.37. The van der Waals surface area contributed by atoms with E-state index in [1.54, 1.807) is 6.07 Å². The van der Waals surface area contributed by atoms with Crippen molar-refractivity contribution in [2.24, 2.45) is 11.3 Å². The number of hydrogen-bond donors (Lipinski definition) is 2. The summed E-state index contributed by atoms with van der Waals surface area (Å²) in [6.07, 6.45) is 5.72. The normalized spacial score (nSPS) is 23.4. The van der Waals surface area contributed by atoms with Gasteiger partial charge in [0.2, 0.25) is 0 Å². The van der Waals surface area contributed by atoms with Crippen LogP contribution in [0, 0.1) is 11.3 Å². The van der Waals surface area contributed by atoms with Crippen LogP contribution in [-0.4, -0.2) is 11.7 Å². The van der Waals surface area contributed by atoms with Crippen molar-refractivity contribution >= 4 is 0 Å². The maximum Gasteiger partial charge on any atom is 0.115 e. The molecule has 2 heteroatoms. The lowest BCUT2D eigenvalue weighted by Crippen LogP contribution is -2.27. The molecule has 2 N–H and O–H groups in total. The molecule has 2 aliphatic rings. The average Bonchev–Trinajstić information content (AvgIpc) is 3.15. The number of aromatic hydroxyl groups is 1. The third-order valence-corrected chi connectivity index (χ3v) is 4.47. The minimum absolute atomic E-state index is 0.332. The molecule has 92 valence electrons. The van der Waals surface area contributed by atoms with Crippen LogP contribution in [0.3, 0.4) is 0 Å². The summed E-state index contributed by atoms with van der Waals surface area (Å²) in [5, 5.41) is 13.1. The molecule has 17 heavy (non-hydrogen) atoms. The van der Waals surface area contributed by atoms with Gasteiger partial charge in [0.25, 0.3) is 0 Å². The molecule has 0 radical (unpaired) electrons. The van der Waals surface area contributed by atoms with Crippen molar-refractivity contribution < 1.29 is 5.11 Å².